The van der Waals surface area contributed by atoms with Crippen LogP contribution in [0, 0.1) is 6.92 Å². The molecule has 0 spiro atoms. The van der Waals surface area contributed by atoms with E-state index in [1.54, 1.807) is 0 Å². The Morgan fingerprint density at radius 1 is 1.10 bits per heavy atom. The smallest absolute Gasteiger partial charge is 0.340 e. The standard InChI is InChI=1S/C25H31NO3/c1-5-10-18(3)29-21-13-14-23-22(17-21)24(25(27)28-6-2)19(4)26(23)16-15-20-11-8-7-9-12-20/h7-9,11-14,17-18H,5-6,10,15-16H2,1-4H3/t18-/m0/s1. The minimum atomic E-state index is -0.271. The van der Waals surface area contributed by atoms with Gasteiger partial charge in [0.25, 0.3) is 0 Å². The minimum absolute atomic E-state index is 0.143. The van der Waals surface area contributed by atoms with E-state index in [4.69, 9.17) is 9.47 Å². The molecule has 0 fully saturated rings. The van der Waals surface area contributed by atoms with Gasteiger partial charge >= 0.3 is 5.97 Å². The van der Waals surface area contributed by atoms with Crippen molar-refractivity contribution in [2.24, 2.45) is 0 Å². The fourth-order valence-corrected chi connectivity index (χ4v) is 3.87. The van der Waals surface area contributed by atoms with E-state index >= 15 is 0 Å². The normalized spacial score (nSPS) is 12.1. The molecule has 1 aromatic heterocycles. The number of aryl methyl sites for hydroxylation is 2. The predicted octanol–water partition coefficient (Wildman–Crippen LogP) is 5.94. The van der Waals surface area contributed by atoms with Gasteiger partial charge in [0.1, 0.15) is 5.75 Å². The van der Waals surface area contributed by atoms with Crippen molar-refractivity contribution in [3.8, 4) is 5.75 Å². The van der Waals surface area contributed by atoms with Crippen molar-refractivity contribution in [3.05, 3.63) is 65.4 Å². The fourth-order valence-electron chi connectivity index (χ4n) is 3.87. The van der Waals surface area contributed by atoms with Crippen LogP contribution in [0.2, 0.25) is 0 Å². The van der Waals surface area contributed by atoms with E-state index in [2.05, 4.69) is 48.7 Å². The van der Waals surface area contributed by atoms with Crippen molar-refractivity contribution in [2.45, 2.75) is 59.6 Å². The third kappa shape index (κ3) is 4.81. The molecular weight excluding hydrogens is 362 g/mol. The van der Waals surface area contributed by atoms with Crippen LogP contribution in [0.15, 0.2) is 48.5 Å². The van der Waals surface area contributed by atoms with Crippen molar-refractivity contribution in [1.29, 1.82) is 0 Å². The van der Waals surface area contributed by atoms with Crippen LogP contribution >= 0.6 is 0 Å². The molecule has 3 rings (SSSR count). The highest BCUT2D eigenvalue weighted by molar-refractivity contribution is 6.06. The van der Waals surface area contributed by atoms with E-state index in [1.165, 1.54) is 5.56 Å². The maximum Gasteiger partial charge on any atom is 0.340 e. The van der Waals surface area contributed by atoms with Crippen LogP contribution < -0.4 is 4.74 Å². The first-order valence-corrected chi connectivity index (χ1v) is 10.6. The second kappa shape index (κ2) is 9.64. The molecule has 2 aromatic carbocycles. The van der Waals surface area contributed by atoms with Gasteiger partial charge in [-0.15, -0.1) is 0 Å². The molecule has 0 saturated carbocycles. The summed E-state index contributed by atoms with van der Waals surface area (Å²) < 4.78 is 13.7. The van der Waals surface area contributed by atoms with Gasteiger partial charge in [-0.1, -0.05) is 43.7 Å². The largest absolute Gasteiger partial charge is 0.491 e. The number of carbonyl (C=O) groups is 1. The minimum Gasteiger partial charge on any atom is -0.491 e. The lowest BCUT2D eigenvalue weighted by molar-refractivity contribution is 0.0527. The van der Waals surface area contributed by atoms with Gasteiger partial charge in [0.05, 0.1) is 18.3 Å². The van der Waals surface area contributed by atoms with E-state index in [0.717, 1.165) is 48.2 Å². The van der Waals surface area contributed by atoms with E-state index in [0.29, 0.717) is 12.2 Å². The van der Waals surface area contributed by atoms with Gasteiger partial charge < -0.3 is 14.0 Å². The Balaban J connectivity index is 1.99. The number of nitrogens with zero attached hydrogens (tertiary/aromatic N) is 1. The van der Waals surface area contributed by atoms with Crippen LogP contribution in [-0.4, -0.2) is 23.2 Å². The summed E-state index contributed by atoms with van der Waals surface area (Å²) in [7, 11) is 0. The van der Waals surface area contributed by atoms with E-state index < -0.39 is 0 Å². The molecule has 0 aliphatic heterocycles. The molecule has 29 heavy (non-hydrogen) atoms. The Morgan fingerprint density at radius 3 is 2.55 bits per heavy atom. The van der Waals surface area contributed by atoms with Crippen LogP contribution in [0.5, 0.6) is 5.75 Å². The van der Waals surface area contributed by atoms with Gasteiger partial charge in [0, 0.05) is 23.1 Å². The molecule has 154 valence electrons. The second-order valence-electron chi connectivity index (χ2n) is 7.46. The molecule has 3 aromatic rings. The predicted molar refractivity (Wildman–Crippen MR) is 118 cm³/mol. The van der Waals surface area contributed by atoms with Crippen molar-refractivity contribution < 1.29 is 14.3 Å². The lowest BCUT2D eigenvalue weighted by atomic mass is 10.1. The second-order valence-corrected chi connectivity index (χ2v) is 7.46. The molecule has 0 saturated heterocycles. The number of esters is 1. The monoisotopic (exact) mass is 393 g/mol. The van der Waals surface area contributed by atoms with Crippen molar-refractivity contribution in [3.63, 3.8) is 0 Å². The number of rotatable bonds is 9. The number of benzene rings is 2. The topological polar surface area (TPSA) is 40.5 Å². The Labute approximate surface area is 173 Å². The Hall–Kier alpha value is -2.75. The van der Waals surface area contributed by atoms with Gasteiger partial charge in [-0.25, -0.2) is 4.79 Å². The van der Waals surface area contributed by atoms with E-state index in [1.807, 2.05) is 32.0 Å². The van der Waals surface area contributed by atoms with Crippen LogP contribution in [-0.2, 0) is 17.7 Å². The summed E-state index contributed by atoms with van der Waals surface area (Å²) in [6.07, 6.45) is 3.12. The molecular formula is C25H31NO3. The quantitative estimate of drug-likeness (QED) is 0.423. The van der Waals surface area contributed by atoms with Crippen molar-refractivity contribution in [1.82, 2.24) is 4.57 Å². The lowest BCUT2D eigenvalue weighted by Crippen LogP contribution is -2.11. The number of carbonyl (C=O) groups excluding carboxylic acids is 1. The molecule has 0 radical (unpaired) electrons. The highest BCUT2D eigenvalue weighted by atomic mass is 16.5. The summed E-state index contributed by atoms with van der Waals surface area (Å²) in [5.74, 6) is 0.524. The van der Waals surface area contributed by atoms with Gasteiger partial charge in [0.2, 0.25) is 0 Å². The summed E-state index contributed by atoms with van der Waals surface area (Å²) in [5, 5.41) is 0.898. The molecule has 4 nitrogen and oxygen atoms in total. The fraction of sp³-hybridized carbons (Fsp3) is 0.400. The molecule has 0 aliphatic rings. The first-order valence-electron chi connectivity index (χ1n) is 10.6. The summed E-state index contributed by atoms with van der Waals surface area (Å²) in [5.41, 5.74) is 3.90. The maximum absolute atomic E-state index is 12.7. The highest BCUT2D eigenvalue weighted by Gasteiger charge is 2.21. The van der Waals surface area contributed by atoms with Crippen LogP contribution in [0.4, 0.5) is 0 Å². The summed E-state index contributed by atoms with van der Waals surface area (Å²) in [6, 6.07) is 16.5. The van der Waals surface area contributed by atoms with Gasteiger partial charge in [-0.3, -0.25) is 0 Å². The zero-order valence-corrected chi connectivity index (χ0v) is 17.9. The summed E-state index contributed by atoms with van der Waals surface area (Å²) in [6.45, 7) is 9.23. The maximum atomic E-state index is 12.7. The first kappa shape index (κ1) is 21.0. The van der Waals surface area contributed by atoms with Gasteiger partial charge in [-0.05, 0) is 57.4 Å². The average molecular weight is 394 g/mol. The van der Waals surface area contributed by atoms with E-state index in [9.17, 15) is 4.79 Å². The zero-order chi connectivity index (χ0) is 20.8. The Morgan fingerprint density at radius 2 is 1.86 bits per heavy atom. The van der Waals surface area contributed by atoms with E-state index in [-0.39, 0.29) is 12.1 Å². The molecule has 1 heterocycles. The molecule has 0 bridgehead atoms. The average Bonchev–Trinajstić information content (AvgIpc) is 2.98. The lowest BCUT2D eigenvalue weighted by Gasteiger charge is -2.14. The number of hydrogen-bond donors (Lipinski definition) is 0. The zero-order valence-electron chi connectivity index (χ0n) is 17.9. The first-order chi connectivity index (χ1) is 14.0. The number of fused-ring (bicyclic) bond motifs is 1. The SMILES string of the molecule is CCC[C@H](C)Oc1ccc2c(c1)c(C(=O)OCC)c(C)n2CCc1ccccc1. The Kier molecular flexibility index (Phi) is 6.97. The van der Waals surface area contributed by atoms with Gasteiger partial charge in [-0.2, -0.15) is 0 Å². The van der Waals surface area contributed by atoms with Crippen LogP contribution in [0.3, 0.4) is 0 Å². The van der Waals surface area contributed by atoms with Crippen LogP contribution in [0.1, 0.15) is 55.2 Å². The molecule has 0 amide bonds. The number of ether oxygens (including phenoxy) is 2. The Bertz CT molecular complexity index is 959. The molecule has 0 unspecified atom stereocenters. The molecule has 0 aliphatic carbocycles. The molecule has 1 atom stereocenters. The van der Waals surface area contributed by atoms with Crippen LogP contribution in [0.25, 0.3) is 10.9 Å². The highest BCUT2D eigenvalue weighted by Crippen LogP contribution is 2.31. The number of aromatic nitrogens is 1. The molecule has 0 N–H and O–H groups in total. The van der Waals surface area contributed by atoms with Gasteiger partial charge in [0.15, 0.2) is 0 Å². The third-order valence-electron chi connectivity index (χ3n) is 5.27. The number of hydrogen-bond acceptors (Lipinski definition) is 3. The van der Waals surface area contributed by atoms with Crippen molar-refractivity contribution in [2.75, 3.05) is 6.61 Å². The molecule has 4 heteroatoms. The summed E-state index contributed by atoms with van der Waals surface area (Å²) in [4.78, 5) is 12.7. The summed E-state index contributed by atoms with van der Waals surface area (Å²) >= 11 is 0. The van der Waals surface area contributed by atoms with Crippen molar-refractivity contribution >= 4 is 16.9 Å². The third-order valence-corrected chi connectivity index (χ3v) is 5.27.